The zero-order chi connectivity index (χ0) is 14.9. The van der Waals surface area contributed by atoms with Crippen molar-refractivity contribution in [2.45, 2.75) is 6.92 Å². The summed E-state index contributed by atoms with van der Waals surface area (Å²) in [6, 6.07) is 4.95. The van der Waals surface area contributed by atoms with Crippen LogP contribution in [0.15, 0.2) is 24.3 Å². The second-order valence-corrected chi connectivity index (χ2v) is 4.25. The van der Waals surface area contributed by atoms with Gasteiger partial charge in [0, 0.05) is 12.7 Å². The lowest BCUT2D eigenvalue weighted by atomic mass is 10.2. The number of anilines is 1. The lowest BCUT2D eigenvalue weighted by Gasteiger charge is -2.06. The number of carbonyl (C=O) groups excluding carboxylic acids is 1. The number of aromatic carboxylic acids is 1. The molecule has 0 aliphatic rings. The van der Waals surface area contributed by atoms with Crippen molar-refractivity contribution in [2.24, 2.45) is 7.05 Å². The van der Waals surface area contributed by atoms with Crippen molar-refractivity contribution in [1.29, 1.82) is 0 Å². The molecule has 2 aromatic rings. The van der Waals surface area contributed by atoms with Gasteiger partial charge in [0.1, 0.15) is 11.5 Å². The van der Waals surface area contributed by atoms with Crippen LogP contribution in [0.25, 0.3) is 0 Å². The number of aromatic nitrogens is 2. The van der Waals surface area contributed by atoms with Crippen LogP contribution in [0.4, 0.5) is 10.1 Å². The second kappa shape index (κ2) is 5.12. The first-order valence-electron chi connectivity index (χ1n) is 5.73. The van der Waals surface area contributed by atoms with Gasteiger partial charge in [0.2, 0.25) is 0 Å². The maximum atomic E-state index is 13.2. The van der Waals surface area contributed by atoms with Crippen LogP contribution in [0.5, 0.6) is 0 Å². The third-order valence-corrected chi connectivity index (χ3v) is 2.69. The van der Waals surface area contributed by atoms with Gasteiger partial charge in [-0.2, -0.15) is 5.10 Å². The summed E-state index contributed by atoms with van der Waals surface area (Å²) in [6.07, 6.45) is 0. The SMILES string of the molecule is Cc1cc(C(=O)Nc2ccc(F)c(C(=O)O)c2)n(C)n1. The van der Waals surface area contributed by atoms with E-state index in [0.717, 1.165) is 12.1 Å². The molecule has 0 aliphatic carbocycles. The lowest BCUT2D eigenvalue weighted by molar-refractivity contribution is 0.0691. The van der Waals surface area contributed by atoms with Gasteiger partial charge in [-0.3, -0.25) is 9.48 Å². The quantitative estimate of drug-likeness (QED) is 0.896. The Morgan fingerprint density at radius 2 is 2.05 bits per heavy atom. The Morgan fingerprint density at radius 3 is 2.60 bits per heavy atom. The third-order valence-electron chi connectivity index (χ3n) is 2.69. The molecule has 1 aromatic carbocycles. The largest absolute Gasteiger partial charge is 0.478 e. The number of nitrogens with zero attached hydrogens (tertiary/aromatic N) is 2. The first-order valence-corrected chi connectivity index (χ1v) is 5.73. The van der Waals surface area contributed by atoms with Crippen LogP contribution in [-0.2, 0) is 7.05 Å². The molecule has 7 heteroatoms. The van der Waals surface area contributed by atoms with Crippen molar-refractivity contribution in [1.82, 2.24) is 9.78 Å². The highest BCUT2D eigenvalue weighted by molar-refractivity contribution is 6.03. The van der Waals surface area contributed by atoms with Crippen LogP contribution < -0.4 is 5.32 Å². The molecular weight excluding hydrogens is 265 g/mol. The Kier molecular flexibility index (Phi) is 3.51. The lowest BCUT2D eigenvalue weighted by Crippen LogP contribution is -2.16. The monoisotopic (exact) mass is 277 g/mol. The molecule has 0 aliphatic heterocycles. The molecule has 104 valence electrons. The molecule has 0 fully saturated rings. The number of amides is 1. The first kappa shape index (κ1) is 13.7. The number of carbonyl (C=O) groups is 2. The maximum Gasteiger partial charge on any atom is 0.338 e. The summed E-state index contributed by atoms with van der Waals surface area (Å²) < 4.78 is 14.6. The minimum Gasteiger partial charge on any atom is -0.478 e. The van der Waals surface area contributed by atoms with Crippen molar-refractivity contribution >= 4 is 17.6 Å². The van der Waals surface area contributed by atoms with Gasteiger partial charge in [-0.1, -0.05) is 0 Å². The average molecular weight is 277 g/mol. The van der Waals surface area contributed by atoms with Gasteiger partial charge in [0.05, 0.1) is 11.3 Å². The molecule has 2 N–H and O–H groups in total. The fourth-order valence-corrected chi connectivity index (χ4v) is 1.79. The predicted octanol–water partition coefficient (Wildman–Crippen LogP) is 1.82. The van der Waals surface area contributed by atoms with Crippen LogP contribution in [0, 0.1) is 12.7 Å². The molecule has 0 bridgehead atoms. The standard InChI is InChI=1S/C13H12FN3O3/c1-7-5-11(17(2)16-7)12(18)15-8-3-4-10(14)9(6-8)13(19)20/h3-6H,1-2H3,(H,15,18)(H,19,20). The number of aryl methyl sites for hydroxylation is 2. The van der Waals surface area contributed by atoms with Gasteiger partial charge in [-0.25, -0.2) is 9.18 Å². The Morgan fingerprint density at radius 1 is 1.35 bits per heavy atom. The van der Waals surface area contributed by atoms with Crippen molar-refractivity contribution in [3.05, 3.63) is 47.0 Å². The van der Waals surface area contributed by atoms with Crippen LogP contribution in [0.3, 0.4) is 0 Å². The van der Waals surface area contributed by atoms with Crippen molar-refractivity contribution in [3.8, 4) is 0 Å². The van der Waals surface area contributed by atoms with Crippen molar-refractivity contribution in [2.75, 3.05) is 5.32 Å². The van der Waals surface area contributed by atoms with E-state index in [0.29, 0.717) is 11.4 Å². The number of carboxylic acid groups (broad SMARTS) is 1. The number of benzene rings is 1. The number of hydrogen-bond donors (Lipinski definition) is 2. The first-order chi connectivity index (χ1) is 9.38. The Bertz CT molecular complexity index is 694. The highest BCUT2D eigenvalue weighted by atomic mass is 19.1. The van der Waals surface area contributed by atoms with E-state index in [-0.39, 0.29) is 5.69 Å². The zero-order valence-corrected chi connectivity index (χ0v) is 10.8. The van der Waals surface area contributed by atoms with Crippen LogP contribution in [0.1, 0.15) is 26.5 Å². The number of rotatable bonds is 3. The summed E-state index contributed by atoms with van der Waals surface area (Å²) in [4.78, 5) is 22.8. The van der Waals surface area contributed by atoms with E-state index in [1.807, 2.05) is 0 Å². The van der Waals surface area contributed by atoms with Gasteiger partial charge in [-0.15, -0.1) is 0 Å². The highest BCUT2D eigenvalue weighted by Crippen LogP contribution is 2.16. The summed E-state index contributed by atoms with van der Waals surface area (Å²) in [6.45, 7) is 1.75. The van der Waals surface area contributed by atoms with Gasteiger partial charge in [-0.05, 0) is 31.2 Å². The van der Waals surface area contributed by atoms with Gasteiger partial charge in [0.15, 0.2) is 0 Å². The maximum absolute atomic E-state index is 13.2. The Hall–Kier alpha value is -2.70. The average Bonchev–Trinajstić information content (AvgIpc) is 2.70. The summed E-state index contributed by atoms with van der Waals surface area (Å²) >= 11 is 0. The molecular formula is C13H12FN3O3. The molecule has 0 radical (unpaired) electrons. The molecule has 1 aromatic heterocycles. The van der Waals surface area contributed by atoms with Gasteiger partial charge < -0.3 is 10.4 Å². The minimum atomic E-state index is -1.39. The van der Waals surface area contributed by atoms with Gasteiger partial charge in [0.25, 0.3) is 5.91 Å². The number of hydrogen-bond acceptors (Lipinski definition) is 3. The molecule has 0 spiro atoms. The summed E-state index contributed by atoms with van der Waals surface area (Å²) in [5.41, 5.74) is 0.711. The molecule has 0 saturated carbocycles. The van der Waals surface area contributed by atoms with Crippen LogP contribution in [0.2, 0.25) is 0 Å². The molecule has 20 heavy (non-hydrogen) atoms. The molecule has 1 amide bonds. The summed E-state index contributed by atoms with van der Waals surface area (Å²) in [7, 11) is 1.62. The van der Waals surface area contributed by atoms with Crippen molar-refractivity contribution < 1.29 is 19.1 Å². The van der Waals surface area contributed by atoms with E-state index in [9.17, 15) is 14.0 Å². The number of nitrogens with one attached hydrogen (secondary N) is 1. The van der Waals surface area contributed by atoms with Gasteiger partial charge >= 0.3 is 5.97 Å². The van der Waals surface area contributed by atoms with Crippen LogP contribution >= 0.6 is 0 Å². The smallest absolute Gasteiger partial charge is 0.338 e. The fraction of sp³-hybridized carbons (Fsp3) is 0.154. The van der Waals surface area contributed by atoms with E-state index >= 15 is 0 Å². The van der Waals surface area contributed by atoms with E-state index in [1.165, 1.54) is 10.7 Å². The summed E-state index contributed by atoms with van der Waals surface area (Å²) in [5, 5.41) is 15.4. The highest BCUT2D eigenvalue weighted by Gasteiger charge is 2.15. The topological polar surface area (TPSA) is 84.2 Å². The molecule has 2 rings (SSSR count). The number of halogens is 1. The Balaban J connectivity index is 2.26. The zero-order valence-electron chi connectivity index (χ0n) is 10.8. The third kappa shape index (κ3) is 2.66. The van der Waals surface area contributed by atoms with E-state index in [4.69, 9.17) is 5.11 Å². The van der Waals surface area contributed by atoms with E-state index in [2.05, 4.69) is 10.4 Å². The number of carboxylic acids is 1. The molecule has 0 atom stereocenters. The van der Waals surface area contributed by atoms with E-state index < -0.39 is 23.3 Å². The summed E-state index contributed by atoms with van der Waals surface area (Å²) in [5.74, 6) is -2.70. The molecule has 0 saturated heterocycles. The Labute approximate surface area is 113 Å². The molecule has 0 unspecified atom stereocenters. The second-order valence-electron chi connectivity index (χ2n) is 4.25. The van der Waals surface area contributed by atoms with Crippen molar-refractivity contribution in [3.63, 3.8) is 0 Å². The predicted molar refractivity (Wildman–Crippen MR) is 69.3 cm³/mol. The molecule has 1 heterocycles. The molecule has 6 nitrogen and oxygen atoms in total. The van der Waals surface area contributed by atoms with E-state index in [1.54, 1.807) is 20.0 Å². The fourth-order valence-electron chi connectivity index (χ4n) is 1.79. The normalized spacial score (nSPS) is 10.3. The minimum absolute atomic E-state index is 0.202. The van der Waals surface area contributed by atoms with Crippen LogP contribution in [-0.4, -0.2) is 26.8 Å².